The molecule has 13 rings (SSSR count). The highest BCUT2D eigenvalue weighted by atomic mass is 14.5. The second-order valence-electron chi connectivity index (χ2n) is 27.8. The Hall–Kier alpha value is -6.76. The lowest BCUT2D eigenvalue weighted by Crippen LogP contribution is -2.19. The number of hydrogen-bond acceptors (Lipinski definition) is 0. The van der Waals surface area contributed by atoms with Gasteiger partial charge in [-0.25, -0.2) is 0 Å². The van der Waals surface area contributed by atoms with Gasteiger partial charge in [-0.05, 0) is 206 Å². The van der Waals surface area contributed by atoms with Crippen molar-refractivity contribution in [3.63, 3.8) is 0 Å². The molecule has 0 N–H and O–H groups in total. The van der Waals surface area contributed by atoms with Crippen LogP contribution in [0.1, 0.15) is 155 Å². The topological polar surface area (TPSA) is 0 Å². The Bertz CT molecular complexity index is 4130. The first-order valence-electron chi connectivity index (χ1n) is 27.4. The van der Waals surface area contributed by atoms with E-state index in [1.165, 1.54) is 154 Å². The highest BCUT2D eigenvalue weighted by Gasteiger charge is 2.42. The molecule has 74 heavy (non-hydrogen) atoms. The van der Waals surface area contributed by atoms with E-state index in [1.54, 1.807) is 0 Å². The molecule has 0 heteroatoms. The molecule has 0 aromatic heterocycles. The van der Waals surface area contributed by atoms with E-state index >= 15 is 0 Å². The van der Waals surface area contributed by atoms with Gasteiger partial charge in [0.1, 0.15) is 0 Å². The Kier molecular flexibility index (Phi) is 9.50. The predicted octanol–water partition coefficient (Wildman–Crippen LogP) is 21.1. The molecule has 0 aliphatic heterocycles. The first kappa shape index (κ1) is 47.0. The number of hydrogen-bond donors (Lipinski definition) is 0. The molecule has 368 valence electrons. The van der Waals surface area contributed by atoms with E-state index in [0.29, 0.717) is 0 Å². The molecule has 0 bridgehead atoms. The minimum absolute atomic E-state index is 0.0305. The van der Waals surface area contributed by atoms with Crippen LogP contribution in [-0.4, -0.2) is 0 Å². The van der Waals surface area contributed by atoms with Gasteiger partial charge in [0.05, 0.1) is 0 Å². The lowest BCUT2D eigenvalue weighted by molar-refractivity contribution is 0.579. The van der Waals surface area contributed by atoms with Crippen LogP contribution in [0, 0.1) is 0 Å². The van der Waals surface area contributed by atoms with Gasteiger partial charge in [-0.15, -0.1) is 0 Å². The second-order valence-corrected chi connectivity index (χ2v) is 27.8. The normalized spacial score (nSPS) is 15.2. The third kappa shape index (κ3) is 6.52. The third-order valence-corrected chi connectivity index (χ3v) is 18.2. The molecular weight excluding hydrogens is 889 g/mol. The Labute approximate surface area is 440 Å². The van der Waals surface area contributed by atoms with Crippen LogP contribution in [0.2, 0.25) is 0 Å². The summed E-state index contributed by atoms with van der Waals surface area (Å²) in [5.74, 6) is 0. The van der Waals surface area contributed by atoms with E-state index in [-0.39, 0.29) is 32.5 Å². The average Bonchev–Trinajstić information content (AvgIpc) is 3.91. The van der Waals surface area contributed by atoms with Crippen molar-refractivity contribution < 1.29 is 0 Å². The van der Waals surface area contributed by atoms with Gasteiger partial charge in [0.15, 0.2) is 0 Å². The molecule has 0 atom stereocenters. The lowest BCUT2D eigenvalue weighted by atomic mass is 9.74. The summed E-state index contributed by atoms with van der Waals surface area (Å²) in [5.41, 5.74) is 26.9. The molecule has 0 unspecified atom stereocenters. The molecule has 10 aromatic carbocycles. The molecule has 0 nitrogen and oxygen atoms in total. The monoisotopic (exact) mass is 961 g/mol. The van der Waals surface area contributed by atoms with Gasteiger partial charge in [0, 0.05) is 10.8 Å². The summed E-state index contributed by atoms with van der Waals surface area (Å²) in [6.07, 6.45) is 0. The molecule has 0 saturated carbocycles. The second kappa shape index (κ2) is 15.0. The molecule has 0 fully saturated rings. The molecular formula is C74H72. The first-order valence-corrected chi connectivity index (χ1v) is 27.4. The summed E-state index contributed by atoms with van der Waals surface area (Å²) in [6.45, 7) is 38.4. The average molecular weight is 961 g/mol. The first-order chi connectivity index (χ1) is 34.7. The Morgan fingerprint density at radius 2 is 0.662 bits per heavy atom. The third-order valence-electron chi connectivity index (χ3n) is 18.2. The van der Waals surface area contributed by atoms with E-state index in [4.69, 9.17) is 0 Å². The highest BCUT2D eigenvalue weighted by Crippen LogP contribution is 2.61. The van der Waals surface area contributed by atoms with Crippen LogP contribution in [0.4, 0.5) is 0 Å². The van der Waals surface area contributed by atoms with Crippen molar-refractivity contribution >= 4 is 43.1 Å². The fourth-order valence-corrected chi connectivity index (χ4v) is 13.7. The van der Waals surface area contributed by atoms with Crippen molar-refractivity contribution in [2.45, 2.75) is 143 Å². The van der Waals surface area contributed by atoms with Crippen LogP contribution in [0.15, 0.2) is 146 Å². The Balaban J connectivity index is 1.24. The Morgan fingerprint density at radius 1 is 0.257 bits per heavy atom. The quantitative estimate of drug-likeness (QED) is 0.120. The molecule has 10 aromatic rings. The molecule has 3 aliphatic carbocycles. The van der Waals surface area contributed by atoms with Crippen LogP contribution in [-0.2, 0) is 32.5 Å². The minimum atomic E-state index is -0.200. The van der Waals surface area contributed by atoms with Gasteiger partial charge < -0.3 is 0 Å². The van der Waals surface area contributed by atoms with Crippen LogP contribution in [0.25, 0.3) is 110 Å². The van der Waals surface area contributed by atoms with E-state index in [1.807, 2.05) is 0 Å². The standard InChI is InChI=1S/C74H72/c1-69(2,3)42-28-30-51-60(35-42)73(13,14)62-37-44(71(7,8)9)33-58(67(51)62)65-48-24-19-20-25-49(48)66(57-40-54-53(39-56(57)65)50-27-21-26-47-46-23-18-17-22-41(46)32-55(54)64(47)50)59-34-45(72(10,11)12)38-63-68(59)52-31-29-43(70(4,5)6)36-61(52)74(63,15)16/h17-40H,1-16H3. The maximum atomic E-state index is 2.64. The molecule has 0 radical (unpaired) electrons. The Morgan fingerprint density at radius 3 is 1.12 bits per heavy atom. The minimum Gasteiger partial charge on any atom is -0.0616 e. The van der Waals surface area contributed by atoms with Crippen molar-refractivity contribution in [3.8, 4) is 66.8 Å². The number of benzene rings is 10. The zero-order chi connectivity index (χ0) is 52.1. The van der Waals surface area contributed by atoms with Crippen molar-refractivity contribution in [3.05, 3.63) is 190 Å². The van der Waals surface area contributed by atoms with E-state index in [9.17, 15) is 0 Å². The van der Waals surface area contributed by atoms with Gasteiger partial charge in [-0.1, -0.05) is 226 Å². The summed E-state index contributed by atoms with van der Waals surface area (Å²) in [6, 6.07) is 58.4. The zero-order valence-electron chi connectivity index (χ0n) is 46.9. The van der Waals surface area contributed by atoms with Crippen molar-refractivity contribution in [2.24, 2.45) is 0 Å². The lowest BCUT2D eigenvalue weighted by Gasteiger charge is -2.29. The molecule has 0 heterocycles. The van der Waals surface area contributed by atoms with Crippen molar-refractivity contribution in [2.75, 3.05) is 0 Å². The molecule has 3 aliphatic rings. The summed E-state index contributed by atoms with van der Waals surface area (Å²) in [7, 11) is 0. The van der Waals surface area contributed by atoms with Crippen LogP contribution in [0.5, 0.6) is 0 Å². The highest BCUT2D eigenvalue weighted by molar-refractivity contribution is 6.29. The van der Waals surface area contributed by atoms with Gasteiger partial charge >= 0.3 is 0 Å². The molecule has 0 amide bonds. The van der Waals surface area contributed by atoms with E-state index < -0.39 is 0 Å². The number of fused-ring (bicyclic) bond motifs is 13. The largest absolute Gasteiger partial charge is 0.0616 e. The van der Waals surface area contributed by atoms with Crippen molar-refractivity contribution in [1.29, 1.82) is 0 Å². The van der Waals surface area contributed by atoms with E-state index in [2.05, 4.69) is 256 Å². The van der Waals surface area contributed by atoms with Gasteiger partial charge in [0.2, 0.25) is 0 Å². The SMILES string of the molecule is CC(C)(C)c1ccc2c(c1)C(C)(C)c1cc(C(C)(C)C)cc(-c3c4ccccc4c(-c4cc(C(C)(C)C)cc5c4-c4ccc(C(C)(C)C)cc4C5(C)C)c4cc5c(cc34)-c3cccc4c3c-5cc3ccccc34)c1-2. The zero-order valence-corrected chi connectivity index (χ0v) is 46.9. The predicted molar refractivity (Wildman–Crippen MR) is 322 cm³/mol. The van der Waals surface area contributed by atoms with Crippen LogP contribution >= 0.6 is 0 Å². The fourth-order valence-electron chi connectivity index (χ4n) is 13.7. The maximum Gasteiger partial charge on any atom is 0.0159 e. The van der Waals surface area contributed by atoms with Gasteiger partial charge in [-0.2, -0.15) is 0 Å². The molecule has 0 spiro atoms. The van der Waals surface area contributed by atoms with Crippen molar-refractivity contribution in [1.82, 2.24) is 0 Å². The van der Waals surface area contributed by atoms with Crippen LogP contribution in [0.3, 0.4) is 0 Å². The molecule has 0 saturated heterocycles. The smallest absolute Gasteiger partial charge is 0.0159 e. The summed E-state index contributed by atoms with van der Waals surface area (Å²) in [4.78, 5) is 0. The summed E-state index contributed by atoms with van der Waals surface area (Å²) in [5, 5.41) is 10.5. The summed E-state index contributed by atoms with van der Waals surface area (Å²) >= 11 is 0. The fraction of sp³-hybridized carbons (Fsp3) is 0.297. The van der Waals surface area contributed by atoms with Gasteiger partial charge in [0.25, 0.3) is 0 Å². The number of rotatable bonds is 2. The maximum absolute atomic E-state index is 2.64. The van der Waals surface area contributed by atoms with Gasteiger partial charge in [-0.3, -0.25) is 0 Å². The van der Waals surface area contributed by atoms with Crippen LogP contribution < -0.4 is 0 Å². The van der Waals surface area contributed by atoms with E-state index in [0.717, 1.165) is 0 Å². The summed E-state index contributed by atoms with van der Waals surface area (Å²) < 4.78 is 0.